The molecule has 1 atom stereocenters. The zero-order valence-corrected chi connectivity index (χ0v) is 13.3. The van der Waals surface area contributed by atoms with E-state index in [2.05, 4.69) is 4.74 Å². The van der Waals surface area contributed by atoms with Crippen molar-refractivity contribution in [3.8, 4) is 0 Å². The van der Waals surface area contributed by atoms with Crippen LogP contribution in [0.5, 0.6) is 0 Å². The van der Waals surface area contributed by atoms with Crippen molar-refractivity contribution in [1.29, 1.82) is 0 Å². The Labute approximate surface area is 142 Å². The highest BCUT2D eigenvalue weighted by Crippen LogP contribution is 2.46. The zero-order valence-electron chi connectivity index (χ0n) is 13.3. The molecule has 1 amide bonds. The van der Waals surface area contributed by atoms with Crippen LogP contribution < -0.4 is 5.32 Å². The van der Waals surface area contributed by atoms with Crippen molar-refractivity contribution >= 4 is 17.8 Å². The van der Waals surface area contributed by atoms with Crippen molar-refractivity contribution in [3.05, 3.63) is 0 Å². The minimum absolute atomic E-state index is 0.246. The molecule has 0 rings (SSSR count). The van der Waals surface area contributed by atoms with Gasteiger partial charge in [-0.15, -0.1) is 0 Å². The molecular formula is C13H16F7NO5. The number of carboxylic acid groups (broad SMARTS) is 1. The van der Waals surface area contributed by atoms with Crippen molar-refractivity contribution in [1.82, 2.24) is 5.32 Å². The number of unbranched alkanes of at least 4 members (excludes halogenated alkanes) is 1. The van der Waals surface area contributed by atoms with Gasteiger partial charge in [0.2, 0.25) is 0 Å². The number of alkyl halides is 7. The first-order chi connectivity index (χ1) is 11.7. The van der Waals surface area contributed by atoms with Gasteiger partial charge in [0.05, 0.1) is 6.61 Å². The summed E-state index contributed by atoms with van der Waals surface area (Å²) in [5.41, 5.74) is 0. The summed E-state index contributed by atoms with van der Waals surface area (Å²) in [6, 6.07) is -2.13. The van der Waals surface area contributed by atoms with Crippen LogP contribution in [-0.2, 0) is 19.1 Å². The number of esters is 1. The molecular weight excluding hydrogens is 383 g/mol. The lowest BCUT2D eigenvalue weighted by Crippen LogP contribution is -2.61. The Kier molecular flexibility index (Phi) is 8.31. The van der Waals surface area contributed by atoms with E-state index in [-0.39, 0.29) is 6.61 Å². The molecule has 2 N–H and O–H groups in total. The molecule has 0 aromatic carbocycles. The van der Waals surface area contributed by atoms with Crippen molar-refractivity contribution < 1.29 is 55.0 Å². The summed E-state index contributed by atoms with van der Waals surface area (Å²) in [4.78, 5) is 33.4. The van der Waals surface area contributed by atoms with Gasteiger partial charge in [-0.2, -0.15) is 30.7 Å². The second-order valence-electron chi connectivity index (χ2n) is 5.13. The number of rotatable bonds is 10. The SMILES string of the molecule is CCCCOC(=O)C(CCC(=O)O)NC(=O)C(F)(F)C(F)(F)C(F)(F)F. The van der Waals surface area contributed by atoms with Crippen molar-refractivity contribution in [2.45, 2.75) is 56.7 Å². The maximum atomic E-state index is 13.3. The van der Waals surface area contributed by atoms with Gasteiger partial charge in [-0.1, -0.05) is 13.3 Å². The van der Waals surface area contributed by atoms with Crippen LogP contribution in [0, 0.1) is 0 Å². The molecule has 0 saturated carbocycles. The fraction of sp³-hybridized carbons (Fsp3) is 0.769. The standard InChI is InChI=1S/C13H16F7NO5/c1-2-3-6-26-9(24)7(4-5-8(22)23)21-10(25)11(14,15)12(16,17)13(18,19)20/h7H,2-6H2,1H3,(H,21,25)(H,22,23). The zero-order chi connectivity index (χ0) is 20.8. The third kappa shape index (κ3) is 6.02. The molecule has 0 bridgehead atoms. The molecule has 1 unspecified atom stereocenters. The Balaban J connectivity index is 5.31. The molecule has 0 heterocycles. The number of aliphatic carboxylic acids is 1. The highest BCUT2D eigenvalue weighted by molar-refractivity contribution is 5.89. The number of carboxylic acids is 1. The monoisotopic (exact) mass is 399 g/mol. The van der Waals surface area contributed by atoms with E-state index in [1.807, 2.05) is 0 Å². The van der Waals surface area contributed by atoms with Gasteiger partial charge in [-0.3, -0.25) is 9.59 Å². The van der Waals surface area contributed by atoms with Gasteiger partial charge in [0.1, 0.15) is 6.04 Å². The molecule has 0 saturated heterocycles. The summed E-state index contributed by atoms with van der Waals surface area (Å²) in [6.07, 6.45) is -7.59. The van der Waals surface area contributed by atoms with Crippen molar-refractivity contribution in [3.63, 3.8) is 0 Å². The average Bonchev–Trinajstić information content (AvgIpc) is 2.49. The van der Waals surface area contributed by atoms with Crippen LogP contribution in [-0.4, -0.2) is 53.6 Å². The Bertz CT molecular complexity index is 522. The number of carbonyl (C=O) groups excluding carboxylic acids is 2. The first-order valence-electron chi connectivity index (χ1n) is 7.20. The summed E-state index contributed by atoms with van der Waals surface area (Å²) in [7, 11) is 0. The molecule has 13 heteroatoms. The molecule has 6 nitrogen and oxygen atoms in total. The highest BCUT2D eigenvalue weighted by Gasteiger charge is 2.76. The summed E-state index contributed by atoms with van der Waals surface area (Å²) in [5, 5.41) is 9.52. The molecule has 0 spiro atoms. The molecule has 0 radical (unpaired) electrons. The van der Waals surface area contributed by atoms with Crippen LogP contribution >= 0.6 is 0 Å². The van der Waals surface area contributed by atoms with Crippen LogP contribution in [0.3, 0.4) is 0 Å². The van der Waals surface area contributed by atoms with Gasteiger partial charge in [0.15, 0.2) is 0 Å². The largest absolute Gasteiger partial charge is 0.481 e. The Morgan fingerprint density at radius 1 is 1.08 bits per heavy atom. The van der Waals surface area contributed by atoms with E-state index in [0.717, 1.165) is 5.32 Å². The summed E-state index contributed by atoms with van der Waals surface area (Å²) < 4.78 is 92.9. The topological polar surface area (TPSA) is 92.7 Å². The lowest BCUT2D eigenvalue weighted by atomic mass is 10.1. The minimum Gasteiger partial charge on any atom is -0.481 e. The molecule has 0 aliphatic rings. The van der Waals surface area contributed by atoms with Gasteiger partial charge in [-0.25, -0.2) is 4.79 Å². The fourth-order valence-corrected chi connectivity index (χ4v) is 1.50. The number of hydrogen-bond acceptors (Lipinski definition) is 4. The average molecular weight is 399 g/mol. The summed E-state index contributed by atoms with van der Waals surface area (Å²) in [5.74, 6) is -19.0. The Morgan fingerprint density at radius 3 is 2.04 bits per heavy atom. The molecule has 0 aromatic rings. The predicted octanol–water partition coefficient (Wildman–Crippen LogP) is 2.51. The van der Waals surface area contributed by atoms with E-state index in [1.165, 1.54) is 0 Å². The fourth-order valence-electron chi connectivity index (χ4n) is 1.50. The van der Waals surface area contributed by atoms with Gasteiger partial charge >= 0.3 is 30.0 Å². The van der Waals surface area contributed by atoms with Crippen LogP contribution in [0.2, 0.25) is 0 Å². The molecule has 26 heavy (non-hydrogen) atoms. The maximum Gasteiger partial charge on any atom is 0.460 e. The summed E-state index contributed by atoms with van der Waals surface area (Å²) >= 11 is 0. The van der Waals surface area contributed by atoms with Gasteiger partial charge < -0.3 is 15.2 Å². The third-order valence-corrected chi connectivity index (χ3v) is 3.01. The van der Waals surface area contributed by atoms with E-state index in [0.29, 0.717) is 12.8 Å². The van der Waals surface area contributed by atoms with Crippen LogP contribution in [0.4, 0.5) is 30.7 Å². The normalized spacial score (nSPS) is 13.8. The van der Waals surface area contributed by atoms with Crippen LogP contribution in [0.15, 0.2) is 0 Å². The number of halogens is 7. The summed E-state index contributed by atoms with van der Waals surface area (Å²) in [6.45, 7) is 1.45. The van der Waals surface area contributed by atoms with E-state index in [1.54, 1.807) is 6.92 Å². The molecule has 0 aromatic heterocycles. The van der Waals surface area contributed by atoms with Crippen molar-refractivity contribution in [2.75, 3.05) is 6.61 Å². The lowest BCUT2D eigenvalue weighted by molar-refractivity contribution is -0.344. The molecule has 0 aliphatic heterocycles. The van der Waals surface area contributed by atoms with E-state index >= 15 is 0 Å². The molecule has 0 fully saturated rings. The van der Waals surface area contributed by atoms with Gasteiger partial charge in [0.25, 0.3) is 5.91 Å². The van der Waals surface area contributed by atoms with Gasteiger partial charge in [0, 0.05) is 6.42 Å². The minimum atomic E-state index is -6.73. The molecule has 152 valence electrons. The lowest BCUT2D eigenvalue weighted by Gasteiger charge is -2.28. The number of amides is 1. The highest BCUT2D eigenvalue weighted by atomic mass is 19.4. The van der Waals surface area contributed by atoms with Crippen LogP contribution in [0.1, 0.15) is 32.6 Å². The number of nitrogens with one attached hydrogen (secondary N) is 1. The van der Waals surface area contributed by atoms with E-state index in [4.69, 9.17) is 5.11 Å². The first kappa shape index (κ1) is 23.9. The second kappa shape index (κ2) is 9.03. The third-order valence-electron chi connectivity index (χ3n) is 3.01. The second-order valence-corrected chi connectivity index (χ2v) is 5.13. The van der Waals surface area contributed by atoms with Crippen molar-refractivity contribution in [2.24, 2.45) is 0 Å². The van der Waals surface area contributed by atoms with E-state index in [9.17, 15) is 45.1 Å². The maximum absolute atomic E-state index is 13.3. The smallest absolute Gasteiger partial charge is 0.460 e. The molecule has 0 aliphatic carbocycles. The first-order valence-corrected chi connectivity index (χ1v) is 7.20. The Hall–Kier alpha value is -2.08. The number of hydrogen-bond donors (Lipinski definition) is 2. The number of ether oxygens (including phenoxy) is 1. The quantitative estimate of drug-likeness (QED) is 0.335. The van der Waals surface area contributed by atoms with E-state index < -0.39 is 54.8 Å². The predicted molar refractivity (Wildman–Crippen MR) is 70.6 cm³/mol. The Morgan fingerprint density at radius 2 is 1.62 bits per heavy atom. The van der Waals surface area contributed by atoms with Crippen LogP contribution in [0.25, 0.3) is 0 Å². The number of carbonyl (C=O) groups is 3. The van der Waals surface area contributed by atoms with Gasteiger partial charge in [-0.05, 0) is 12.8 Å².